The van der Waals surface area contributed by atoms with Gasteiger partial charge in [0, 0.05) is 23.6 Å². The van der Waals surface area contributed by atoms with Crippen LogP contribution in [0, 0.1) is 11.8 Å². The van der Waals surface area contributed by atoms with Crippen LogP contribution in [0.25, 0.3) is 0 Å². The lowest BCUT2D eigenvalue weighted by Gasteiger charge is -1.97. The summed E-state index contributed by atoms with van der Waals surface area (Å²) in [5.74, 6) is 5.72. The fraction of sp³-hybridized carbons (Fsp3) is 0.0588. The molecular formula is C17H13NO2. The van der Waals surface area contributed by atoms with Gasteiger partial charge in [0.15, 0.2) is 0 Å². The van der Waals surface area contributed by atoms with E-state index in [4.69, 9.17) is 0 Å². The van der Waals surface area contributed by atoms with E-state index in [-0.39, 0.29) is 0 Å². The fourth-order valence-electron chi connectivity index (χ4n) is 1.54. The molecule has 3 heteroatoms. The maximum atomic E-state index is 10.7. The maximum Gasteiger partial charge on any atom is 0.331 e. The molecule has 0 unspecified atom stereocenters. The first-order chi connectivity index (χ1) is 9.75. The molecular weight excluding hydrogens is 250 g/mol. The summed E-state index contributed by atoms with van der Waals surface area (Å²) >= 11 is 0. The Hall–Kier alpha value is -2.86. The lowest BCUT2D eigenvalue weighted by Crippen LogP contribution is -1.93. The van der Waals surface area contributed by atoms with Crippen molar-refractivity contribution in [2.75, 3.05) is 0 Å². The number of nitrogens with zero attached hydrogens (tertiary/aromatic N) is 1. The number of hydrogen-bond donors (Lipinski definition) is 0. The van der Waals surface area contributed by atoms with Gasteiger partial charge in [0.05, 0.1) is 6.21 Å². The zero-order valence-electron chi connectivity index (χ0n) is 11.0. The number of benzene rings is 2. The molecule has 0 atom stereocenters. The molecule has 0 aromatic heterocycles. The number of carbonyl (C=O) groups excluding carboxylic acids is 1. The molecule has 3 nitrogen and oxygen atoms in total. The SMILES string of the molecule is CC(=O)O/N=C/c1ccccc1C#Cc1ccccc1. The molecule has 0 aliphatic carbocycles. The van der Waals surface area contributed by atoms with Crippen molar-refractivity contribution < 1.29 is 9.63 Å². The van der Waals surface area contributed by atoms with E-state index in [0.29, 0.717) is 0 Å². The van der Waals surface area contributed by atoms with Crippen LogP contribution in [0.5, 0.6) is 0 Å². The Morgan fingerprint density at radius 3 is 2.50 bits per heavy atom. The van der Waals surface area contributed by atoms with Gasteiger partial charge in [-0.1, -0.05) is 53.4 Å². The van der Waals surface area contributed by atoms with Crippen molar-refractivity contribution in [2.24, 2.45) is 5.16 Å². The monoisotopic (exact) mass is 263 g/mol. The van der Waals surface area contributed by atoms with Crippen LogP contribution in [0.1, 0.15) is 23.6 Å². The zero-order valence-corrected chi connectivity index (χ0v) is 11.0. The van der Waals surface area contributed by atoms with Gasteiger partial charge in [-0.05, 0) is 18.2 Å². The van der Waals surface area contributed by atoms with Crippen LogP contribution in [0.2, 0.25) is 0 Å². The summed E-state index contributed by atoms with van der Waals surface area (Å²) in [7, 11) is 0. The summed E-state index contributed by atoms with van der Waals surface area (Å²) in [4.78, 5) is 15.2. The molecule has 0 aliphatic rings. The Bertz CT molecular complexity index is 679. The van der Waals surface area contributed by atoms with Gasteiger partial charge in [0.25, 0.3) is 0 Å². The van der Waals surface area contributed by atoms with Crippen molar-refractivity contribution in [3.63, 3.8) is 0 Å². The van der Waals surface area contributed by atoms with Crippen LogP contribution < -0.4 is 0 Å². The highest BCUT2D eigenvalue weighted by atomic mass is 16.7. The fourth-order valence-corrected chi connectivity index (χ4v) is 1.54. The number of carbonyl (C=O) groups is 1. The van der Waals surface area contributed by atoms with Crippen LogP contribution in [0.3, 0.4) is 0 Å². The predicted octanol–water partition coefficient (Wildman–Crippen LogP) is 2.98. The molecule has 20 heavy (non-hydrogen) atoms. The van der Waals surface area contributed by atoms with Crippen molar-refractivity contribution in [3.05, 3.63) is 71.3 Å². The van der Waals surface area contributed by atoms with Crippen LogP contribution in [0.15, 0.2) is 59.8 Å². The first-order valence-corrected chi connectivity index (χ1v) is 6.13. The molecule has 0 saturated carbocycles. The number of hydrogen-bond acceptors (Lipinski definition) is 3. The largest absolute Gasteiger partial charge is 0.331 e. The van der Waals surface area contributed by atoms with E-state index >= 15 is 0 Å². The molecule has 0 amide bonds. The van der Waals surface area contributed by atoms with Crippen molar-refractivity contribution in [1.29, 1.82) is 0 Å². The first kappa shape index (κ1) is 13.6. The van der Waals surface area contributed by atoms with E-state index in [9.17, 15) is 4.79 Å². The molecule has 0 spiro atoms. The third-order valence-electron chi connectivity index (χ3n) is 2.45. The third-order valence-corrected chi connectivity index (χ3v) is 2.45. The lowest BCUT2D eigenvalue weighted by molar-refractivity contribution is -0.140. The molecule has 2 rings (SSSR count). The number of oxime groups is 1. The molecule has 0 saturated heterocycles. The van der Waals surface area contributed by atoms with Gasteiger partial charge in [-0.15, -0.1) is 0 Å². The van der Waals surface area contributed by atoms with E-state index < -0.39 is 5.97 Å². The molecule has 0 aliphatic heterocycles. The van der Waals surface area contributed by atoms with Gasteiger partial charge >= 0.3 is 5.97 Å². The summed E-state index contributed by atoms with van der Waals surface area (Å²) < 4.78 is 0. The van der Waals surface area contributed by atoms with Crippen LogP contribution in [-0.4, -0.2) is 12.2 Å². The van der Waals surface area contributed by atoms with Gasteiger partial charge in [0.2, 0.25) is 0 Å². The highest BCUT2D eigenvalue weighted by molar-refractivity contribution is 5.83. The van der Waals surface area contributed by atoms with Gasteiger partial charge < -0.3 is 4.84 Å². The average molecular weight is 263 g/mol. The minimum Gasteiger partial charge on any atom is -0.319 e. The van der Waals surface area contributed by atoms with Crippen LogP contribution in [-0.2, 0) is 9.63 Å². The molecule has 2 aromatic rings. The van der Waals surface area contributed by atoms with E-state index in [2.05, 4.69) is 21.8 Å². The van der Waals surface area contributed by atoms with E-state index in [1.54, 1.807) is 0 Å². The summed E-state index contributed by atoms with van der Waals surface area (Å²) in [6.45, 7) is 1.30. The van der Waals surface area contributed by atoms with Crippen molar-refractivity contribution >= 4 is 12.2 Å². The summed E-state index contributed by atoms with van der Waals surface area (Å²) in [6.07, 6.45) is 1.48. The Morgan fingerprint density at radius 2 is 1.75 bits per heavy atom. The second kappa shape index (κ2) is 6.91. The summed E-state index contributed by atoms with van der Waals surface area (Å²) in [6, 6.07) is 17.3. The molecule has 0 bridgehead atoms. The minimum absolute atomic E-state index is 0.450. The summed E-state index contributed by atoms with van der Waals surface area (Å²) in [5, 5.41) is 3.61. The predicted molar refractivity (Wildman–Crippen MR) is 78.2 cm³/mol. The summed E-state index contributed by atoms with van der Waals surface area (Å²) in [5.41, 5.74) is 2.57. The Morgan fingerprint density at radius 1 is 1.05 bits per heavy atom. The molecule has 0 heterocycles. The normalized spacial score (nSPS) is 9.85. The van der Waals surface area contributed by atoms with Gasteiger partial charge in [-0.2, -0.15) is 0 Å². The van der Waals surface area contributed by atoms with E-state index in [1.807, 2.05) is 54.6 Å². The third kappa shape index (κ3) is 4.11. The quantitative estimate of drug-likeness (QED) is 0.361. The zero-order chi connectivity index (χ0) is 14.2. The average Bonchev–Trinajstić information content (AvgIpc) is 2.47. The Labute approximate surface area is 117 Å². The topological polar surface area (TPSA) is 38.7 Å². The van der Waals surface area contributed by atoms with Gasteiger partial charge in [-0.3, -0.25) is 0 Å². The molecule has 0 N–H and O–H groups in total. The Balaban J connectivity index is 2.23. The molecule has 2 aromatic carbocycles. The maximum absolute atomic E-state index is 10.7. The molecule has 98 valence electrons. The van der Waals surface area contributed by atoms with Crippen molar-refractivity contribution in [2.45, 2.75) is 6.92 Å². The van der Waals surface area contributed by atoms with Crippen LogP contribution >= 0.6 is 0 Å². The van der Waals surface area contributed by atoms with Gasteiger partial charge in [0.1, 0.15) is 0 Å². The minimum atomic E-state index is -0.450. The first-order valence-electron chi connectivity index (χ1n) is 6.13. The Kier molecular flexibility index (Phi) is 4.69. The van der Waals surface area contributed by atoms with Crippen molar-refractivity contribution in [1.82, 2.24) is 0 Å². The lowest BCUT2D eigenvalue weighted by atomic mass is 10.1. The van der Waals surface area contributed by atoms with Crippen molar-refractivity contribution in [3.8, 4) is 11.8 Å². The van der Waals surface area contributed by atoms with Gasteiger partial charge in [-0.25, -0.2) is 4.79 Å². The second-order valence-corrected chi connectivity index (χ2v) is 4.02. The van der Waals surface area contributed by atoms with E-state index in [1.165, 1.54) is 13.1 Å². The van der Waals surface area contributed by atoms with Crippen LogP contribution in [0.4, 0.5) is 0 Å². The van der Waals surface area contributed by atoms with E-state index in [0.717, 1.165) is 16.7 Å². The second-order valence-electron chi connectivity index (χ2n) is 4.02. The highest BCUT2D eigenvalue weighted by Crippen LogP contribution is 2.05. The molecule has 0 fully saturated rings. The standard InChI is InChI=1S/C17H13NO2/c1-14(19)20-18-13-17-10-6-5-9-16(17)12-11-15-7-3-2-4-8-15/h2-10,13H,1H3/b18-13+. The molecule has 0 radical (unpaired) electrons. The highest BCUT2D eigenvalue weighted by Gasteiger charge is 1.96. The smallest absolute Gasteiger partial charge is 0.319 e. The number of rotatable bonds is 2.